The van der Waals surface area contributed by atoms with Gasteiger partial charge in [0.05, 0.1) is 5.84 Å². The van der Waals surface area contributed by atoms with Gasteiger partial charge in [-0.15, -0.1) is 0 Å². The highest BCUT2D eigenvalue weighted by Crippen LogP contribution is 2.37. The van der Waals surface area contributed by atoms with Crippen LogP contribution in [0, 0.1) is 5.92 Å². The molecule has 3 atom stereocenters. The molecule has 0 aromatic heterocycles. The number of hydrogen-bond donors (Lipinski definition) is 1. The van der Waals surface area contributed by atoms with Crippen molar-refractivity contribution in [3.8, 4) is 0 Å². The van der Waals surface area contributed by atoms with Crippen LogP contribution in [0.5, 0.6) is 0 Å². The fraction of sp³-hybridized carbons (Fsp3) is 0.917. The fourth-order valence-corrected chi connectivity index (χ4v) is 3.59. The molecule has 2 rings (SSSR count). The van der Waals surface area contributed by atoms with Crippen molar-refractivity contribution in [1.29, 1.82) is 0 Å². The molecule has 1 saturated carbocycles. The number of rotatable bonds is 0. The minimum Gasteiger partial charge on any atom is -0.360 e. The standard InChI is InChI=1S/C12H24BN3/c1-15-11-7-6-9-10(16(11)2)5-3-4-8-12(9,13)14/h9-10H,3-8,13-14H2,1-2H3/b15-11-. The molecule has 1 aliphatic carbocycles. The monoisotopic (exact) mass is 221 g/mol. The fourth-order valence-electron chi connectivity index (χ4n) is 3.59. The van der Waals surface area contributed by atoms with Gasteiger partial charge >= 0.3 is 0 Å². The average Bonchev–Trinajstić information content (AvgIpc) is 2.39. The summed E-state index contributed by atoms with van der Waals surface area (Å²) in [5, 5.41) is 0. The van der Waals surface area contributed by atoms with Gasteiger partial charge < -0.3 is 10.6 Å². The first-order valence-electron chi connectivity index (χ1n) is 6.53. The maximum absolute atomic E-state index is 6.51. The van der Waals surface area contributed by atoms with Crippen molar-refractivity contribution < 1.29 is 0 Å². The number of nitrogens with two attached hydrogens (primary N) is 1. The first-order valence-corrected chi connectivity index (χ1v) is 6.53. The summed E-state index contributed by atoms with van der Waals surface area (Å²) < 4.78 is 0. The molecule has 1 aliphatic heterocycles. The Labute approximate surface area is 99.9 Å². The number of piperidine rings is 1. The molecular formula is C12H24BN3. The lowest BCUT2D eigenvalue weighted by Gasteiger charge is -2.46. The Hall–Kier alpha value is -0.505. The predicted octanol–water partition coefficient (Wildman–Crippen LogP) is 0.587. The molecule has 0 bridgehead atoms. The zero-order valence-corrected chi connectivity index (χ0v) is 10.9. The van der Waals surface area contributed by atoms with Crippen LogP contribution in [-0.4, -0.2) is 44.2 Å². The van der Waals surface area contributed by atoms with Crippen LogP contribution in [-0.2, 0) is 0 Å². The molecule has 0 aromatic carbocycles. The van der Waals surface area contributed by atoms with Crippen molar-refractivity contribution in [2.24, 2.45) is 16.6 Å². The number of nitrogens with zero attached hydrogens (tertiary/aromatic N) is 2. The van der Waals surface area contributed by atoms with Crippen LogP contribution in [0.4, 0.5) is 0 Å². The van der Waals surface area contributed by atoms with Crippen LogP contribution >= 0.6 is 0 Å². The van der Waals surface area contributed by atoms with Gasteiger partial charge in [-0.1, -0.05) is 12.8 Å². The van der Waals surface area contributed by atoms with Crippen molar-refractivity contribution in [2.45, 2.75) is 50.0 Å². The van der Waals surface area contributed by atoms with Crippen LogP contribution < -0.4 is 5.73 Å². The lowest BCUT2D eigenvalue weighted by atomic mass is 9.62. The zero-order chi connectivity index (χ0) is 11.8. The van der Waals surface area contributed by atoms with E-state index in [-0.39, 0.29) is 5.44 Å². The number of likely N-dealkylation sites (tertiary alicyclic amines) is 1. The quantitative estimate of drug-likeness (QED) is 0.608. The van der Waals surface area contributed by atoms with Gasteiger partial charge in [-0.2, -0.15) is 0 Å². The highest BCUT2D eigenvalue weighted by molar-refractivity contribution is 6.15. The largest absolute Gasteiger partial charge is 0.360 e. The van der Waals surface area contributed by atoms with Gasteiger partial charge in [0.25, 0.3) is 0 Å². The second-order valence-electron chi connectivity index (χ2n) is 5.71. The van der Waals surface area contributed by atoms with E-state index in [0.717, 1.165) is 6.42 Å². The predicted molar refractivity (Wildman–Crippen MR) is 71.6 cm³/mol. The van der Waals surface area contributed by atoms with Crippen LogP contribution in [0.15, 0.2) is 4.99 Å². The van der Waals surface area contributed by atoms with Crippen molar-refractivity contribution in [3.63, 3.8) is 0 Å². The van der Waals surface area contributed by atoms with Crippen molar-refractivity contribution in [2.75, 3.05) is 14.1 Å². The molecule has 2 N–H and O–H groups in total. The molecule has 0 spiro atoms. The molecular weight excluding hydrogens is 197 g/mol. The zero-order valence-electron chi connectivity index (χ0n) is 10.9. The molecule has 2 aliphatic rings. The highest BCUT2D eigenvalue weighted by Gasteiger charge is 2.42. The maximum Gasteiger partial charge on any atom is 0.127 e. The van der Waals surface area contributed by atoms with Gasteiger partial charge in [0.2, 0.25) is 0 Å². The summed E-state index contributed by atoms with van der Waals surface area (Å²) in [6, 6.07) is 0.616. The minimum atomic E-state index is 0.0225. The van der Waals surface area contributed by atoms with E-state index >= 15 is 0 Å². The Balaban J connectivity index is 2.23. The molecule has 3 unspecified atom stereocenters. The van der Waals surface area contributed by atoms with E-state index in [0.29, 0.717) is 12.0 Å². The normalized spacial score (nSPS) is 42.9. The molecule has 1 saturated heterocycles. The molecule has 1 heterocycles. The Morgan fingerprint density at radius 1 is 1.44 bits per heavy atom. The molecule has 16 heavy (non-hydrogen) atoms. The van der Waals surface area contributed by atoms with E-state index in [4.69, 9.17) is 5.73 Å². The van der Waals surface area contributed by atoms with Gasteiger partial charge in [0.1, 0.15) is 7.85 Å². The number of aliphatic imine (C=N–C) groups is 1. The van der Waals surface area contributed by atoms with E-state index in [1.165, 1.54) is 37.9 Å². The van der Waals surface area contributed by atoms with Gasteiger partial charge in [0.15, 0.2) is 0 Å². The third-order valence-electron chi connectivity index (χ3n) is 4.62. The number of fused-ring (bicyclic) bond motifs is 1. The number of hydrogen-bond acceptors (Lipinski definition) is 2. The molecule has 90 valence electrons. The van der Waals surface area contributed by atoms with E-state index in [1.54, 1.807) is 0 Å². The lowest BCUT2D eigenvalue weighted by molar-refractivity contribution is 0.172. The third kappa shape index (κ3) is 2.00. The Bertz CT molecular complexity index is 288. The summed E-state index contributed by atoms with van der Waals surface area (Å²) in [5.74, 6) is 1.91. The molecule has 4 heteroatoms. The van der Waals surface area contributed by atoms with Gasteiger partial charge in [0, 0.05) is 26.6 Å². The Morgan fingerprint density at radius 3 is 2.88 bits per heavy atom. The molecule has 0 amide bonds. The van der Waals surface area contributed by atoms with Crippen LogP contribution in [0.25, 0.3) is 0 Å². The van der Waals surface area contributed by atoms with Crippen molar-refractivity contribution >= 4 is 13.7 Å². The molecule has 3 nitrogen and oxygen atoms in total. The van der Waals surface area contributed by atoms with Crippen molar-refractivity contribution in [1.82, 2.24) is 4.90 Å². The van der Waals surface area contributed by atoms with E-state index in [1.807, 2.05) is 7.05 Å². The van der Waals surface area contributed by atoms with Gasteiger partial charge in [-0.25, -0.2) is 0 Å². The minimum absolute atomic E-state index is 0.0225. The Morgan fingerprint density at radius 2 is 2.19 bits per heavy atom. The van der Waals surface area contributed by atoms with Gasteiger partial charge in [-0.05, 0) is 30.6 Å². The Kier molecular flexibility index (Phi) is 3.29. The first kappa shape index (κ1) is 12.0. The topological polar surface area (TPSA) is 41.6 Å². The molecule has 0 radical (unpaired) electrons. The van der Waals surface area contributed by atoms with E-state index < -0.39 is 0 Å². The summed E-state index contributed by atoms with van der Waals surface area (Å²) in [6.45, 7) is 0. The third-order valence-corrected chi connectivity index (χ3v) is 4.62. The maximum atomic E-state index is 6.51. The van der Waals surface area contributed by atoms with E-state index in [9.17, 15) is 0 Å². The summed E-state index contributed by atoms with van der Waals surface area (Å²) in [4.78, 5) is 6.79. The van der Waals surface area contributed by atoms with E-state index in [2.05, 4.69) is 24.8 Å². The summed E-state index contributed by atoms with van der Waals surface area (Å²) in [7, 11) is 6.35. The van der Waals surface area contributed by atoms with Crippen LogP contribution in [0.3, 0.4) is 0 Å². The second-order valence-corrected chi connectivity index (χ2v) is 5.71. The van der Waals surface area contributed by atoms with Crippen molar-refractivity contribution in [3.05, 3.63) is 0 Å². The smallest absolute Gasteiger partial charge is 0.127 e. The highest BCUT2D eigenvalue weighted by atomic mass is 15.2. The molecule has 0 aromatic rings. The molecule has 2 fully saturated rings. The number of amidine groups is 1. The SMILES string of the molecule is BC1(N)CCCCC2C1CC/C(=N/C)N2C. The summed E-state index contributed by atoms with van der Waals surface area (Å²) >= 11 is 0. The lowest BCUT2D eigenvalue weighted by Crippen LogP contribution is -2.58. The summed E-state index contributed by atoms with van der Waals surface area (Å²) in [5.41, 5.74) is 6.54. The van der Waals surface area contributed by atoms with Gasteiger partial charge in [-0.3, -0.25) is 4.99 Å². The van der Waals surface area contributed by atoms with Crippen LogP contribution in [0.2, 0.25) is 0 Å². The summed E-state index contributed by atoms with van der Waals surface area (Å²) in [6.07, 6.45) is 7.38. The first-order chi connectivity index (χ1) is 7.56. The van der Waals surface area contributed by atoms with Crippen LogP contribution in [0.1, 0.15) is 38.5 Å². The second kappa shape index (κ2) is 4.40. The average molecular weight is 221 g/mol.